The monoisotopic (exact) mass is 336 g/mol. The zero-order valence-corrected chi connectivity index (χ0v) is 13.8. The molecular weight excluding hydrogens is 319 g/mol. The third-order valence-corrected chi connectivity index (χ3v) is 4.06. The molecule has 0 radical (unpaired) electrons. The van der Waals surface area contributed by atoms with Crippen LogP contribution in [0.3, 0.4) is 0 Å². The molecule has 0 aliphatic carbocycles. The number of amides is 2. The lowest BCUT2D eigenvalue weighted by Crippen LogP contribution is -2.47. The minimum Gasteiger partial charge on any atom is -0.478 e. The van der Waals surface area contributed by atoms with Crippen molar-refractivity contribution < 1.29 is 18.7 Å². The van der Waals surface area contributed by atoms with E-state index in [1.165, 1.54) is 36.5 Å². The van der Waals surface area contributed by atoms with Gasteiger partial charge in [0.15, 0.2) is 17.7 Å². The van der Waals surface area contributed by atoms with Crippen molar-refractivity contribution in [2.75, 3.05) is 0 Å². The van der Waals surface area contributed by atoms with Gasteiger partial charge in [0.2, 0.25) is 0 Å². The Morgan fingerprint density at radius 1 is 1.22 bits per heavy atom. The summed E-state index contributed by atoms with van der Waals surface area (Å²) < 4.78 is 18.7. The predicted octanol–water partition coefficient (Wildman–Crippen LogP) is 2.73. The van der Waals surface area contributed by atoms with Gasteiger partial charge in [-0.25, -0.2) is 4.39 Å². The molecular formula is C16H17FN2O3S. The number of carbonyl (C=O) groups excluding carboxylic acids is 2. The van der Waals surface area contributed by atoms with Gasteiger partial charge in [-0.1, -0.05) is 12.1 Å². The molecule has 0 bridgehead atoms. The van der Waals surface area contributed by atoms with E-state index < -0.39 is 23.7 Å². The first-order chi connectivity index (χ1) is 10.9. The van der Waals surface area contributed by atoms with Crippen LogP contribution in [0.5, 0.6) is 5.75 Å². The second-order valence-electron chi connectivity index (χ2n) is 4.96. The molecule has 0 aliphatic rings. The number of thiophene rings is 1. The van der Waals surface area contributed by atoms with Crippen molar-refractivity contribution in [2.24, 2.45) is 0 Å². The highest BCUT2D eigenvalue weighted by molar-refractivity contribution is 7.12. The number of hydrogen-bond donors (Lipinski definition) is 2. The number of halogens is 1. The molecule has 7 heteroatoms. The maximum absolute atomic E-state index is 13.5. The van der Waals surface area contributed by atoms with Gasteiger partial charge >= 0.3 is 0 Å². The van der Waals surface area contributed by atoms with Crippen molar-refractivity contribution in [1.82, 2.24) is 10.9 Å². The van der Waals surface area contributed by atoms with Gasteiger partial charge in [-0.2, -0.15) is 0 Å². The molecule has 1 atom stereocenters. The van der Waals surface area contributed by atoms with Crippen molar-refractivity contribution in [3.05, 3.63) is 51.5 Å². The highest BCUT2D eigenvalue weighted by Gasteiger charge is 2.18. The Balaban J connectivity index is 1.90. The normalized spacial score (nSPS) is 11.7. The van der Waals surface area contributed by atoms with Crippen LogP contribution in [-0.4, -0.2) is 17.9 Å². The van der Waals surface area contributed by atoms with Gasteiger partial charge in [-0.15, -0.1) is 11.3 Å². The molecule has 0 saturated heterocycles. The summed E-state index contributed by atoms with van der Waals surface area (Å²) in [5, 5.41) is 0. The summed E-state index contributed by atoms with van der Waals surface area (Å²) in [7, 11) is 0. The van der Waals surface area contributed by atoms with Crippen LogP contribution >= 0.6 is 11.3 Å². The number of hydrogen-bond acceptors (Lipinski definition) is 4. The van der Waals surface area contributed by atoms with Crippen LogP contribution in [0.15, 0.2) is 30.3 Å². The highest BCUT2D eigenvalue weighted by Crippen LogP contribution is 2.20. The molecule has 1 heterocycles. The summed E-state index contributed by atoms with van der Waals surface area (Å²) in [6.07, 6.45) is -0.961. The number of aryl methyl sites for hydroxylation is 2. The standard InChI is InChI=1S/C16H17FN2O3S/c1-9-8-12(11(3)23-9)16(21)19-18-15(20)10(2)22-14-7-5-4-6-13(14)17/h4-8,10H,1-3H3,(H,18,20)(H,19,21). The predicted molar refractivity (Wildman–Crippen MR) is 85.9 cm³/mol. The molecule has 5 nitrogen and oxygen atoms in total. The molecule has 0 saturated carbocycles. The topological polar surface area (TPSA) is 67.4 Å². The van der Waals surface area contributed by atoms with E-state index in [0.29, 0.717) is 5.56 Å². The van der Waals surface area contributed by atoms with Crippen molar-refractivity contribution in [2.45, 2.75) is 26.9 Å². The molecule has 2 aromatic rings. The van der Waals surface area contributed by atoms with Crippen LogP contribution in [-0.2, 0) is 4.79 Å². The third kappa shape index (κ3) is 4.29. The number of ether oxygens (including phenoxy) is 1. The third-order valence-electron chi connectivity index (χ3n) is 3.09. The average molecular weight is 336 g/mol. The molecule has 122 valence electrons. The van der Waals surface area contributed by atoms with Crippen LogP contribution in [0.1, 0.15) is 27.0 Å². The Morgan fingerprint density at radius 3 is 2.52 bits per heavy atom. The highest BCUT2D eigenvalue weighted by atomic mass is 32.1. The van der Waals surface area contributed by atoms with Gasteiger partial charge < -0.3 is 4.74 Å². The largest absolute Gasteiger partial charge is 0.478 e. The number of rotatable bonds is 4. The van der Waals surface area contributed by atoms with Gasteiger partial charge in [0.05, 0.1) is 5.56 Å². The Kier molecular flexibility index (Phi) is 5.33. The van der Waals surface area contributed by atoms with Gasteiger partial charge in [-0.05, 0) is 39.0 Å². The van der Waals surface area contributed by atoms with Crippen molar-refractivity contribution in [3.63, 3.8) is 0 Å². The molecule has 0 spiro atoms. The van der Waals surface area contributed by atoms with Crippen molar-refractivity contribution >= 4 is 23.2 Å². The fraction of sp³-hybridized carbons (Fsp3) is 0.250. The lowest BCUT2D eigenvalue weighted by atomic mass is 10.2. The fourth-order valence-corrected chi connectivity index (χ4v) is 2.85. The Bertz CT molecular complexity index is 730. The average Bonchev–Trinajstić information content (AvgIpc) is 2.85. The van der Waals surface area contributed by atoms with E-state index in [2.05, 4.69) is 10.9 Å². The summed E-state index contributed by atoms with van der Waals surface area (Å²) in [5.74, 6) is -1.56. The zero-order valence-electron chi connectivity index (χ0n) is 13.0. The zero-order chi connectivity index (χ0) is 17.0. The quantitative estimate of drug-likeness (QED) is 0.844. The fourth-order valence-electron chi connectivity index (χ4n) is 1.93. The SMILES string of the molecule is Cc1cc(C(=O)NNC(=O)C(C)Oc2ccccc2F)c(C)s1. The number of para-hydroxylation sites is 1. The van der Waals surface area contributed by atoms with Gasteiger partial charge in [0.25, 0.3) is 11.8 Å². The van der Waals surface area contributed by atoms with Crippen LogP contribution in [0.25, 0.3) is 0 Å². The van der Waals surface area contributed by atoms with Crippen molar-refractivity contribution in [3.8, 4) is 5.75 Å². The number of carbonyl (C=O) groups is 2. The summed E-state index contributed by atoms with van der Waals surface area (Å²) in [5.41, 5.74) is 5.11. The molecule has 1 aromatic carbocycles. The summed E-state index contributed by atoms with van der Waals surface area (Å²) >= 11 is 1.50. The van der Waals surface area contributed by atoms with Gasteiger partial charge in [0.1, 0.15) is 0 Å². The number of nitrogens with one attached hydrogen (secondary N) is 2. The summed E-state index contributed by atoms with van der Waals surface area (Å²) in [4.78, 5) is 25.8. The maximum atomic E-state index is 13.5. The maximum Gasteiger partial charge on any atom is 0.279 e. The van der Waals surface area contributed by atoms with Crippen LogP contribution < -0.4 is 15.6 Å². The van der Waals surface area contributed by atoms with E-state index in [4.69, 9.17) is 4.74 Å². The molecule has 0 fully saturated rings. The van der Waals surface area contributed by atoms with E-state index in [-0.39, 0.29) is 5.75 Å². The minimum atomic E-state index is -0.961. The minimum absolute atomic E-state index is 0.0224. The first-order valence-corrected chi connectivity index (χ1v) is 7.78. The molecule has 0 aliphatic heterocycles. The van der Waals surface area contributed by atoms with E-state index in [1.807, 2.05) is 13.8 Å². The van der Waals surface area contributed by atoms with E-state index in [1.54, 1.807) is 12.1 Å². The lowest BCUT2D eigenvalue weighted by molar-refractivity contribution is -0.128. The molecule has 1 aromatic heterocycles. The first-order valence-electron chi connectivity index (χ1n) is 6.97. The molecule has 2 N–H and O–H groups in total. The van der Waals surface area contributed by atoms with Crippen molar-refractivity contribution in [1.29, 1.82) is 0 Å². The Morgan fingerprint density at radius 2 is 1.91 bits per heavy atom. The number of hydrazine groups is 1. The Hall–Kier alpha value is -2.41. The van der Waals surface area contributed by atoms with Gasteiger partial charge in [-0.3, -0.25) is 20.4 Å². The number of benzene rings is 1. The second-order valence-corrected chi connectivity index (χ2v) is 6.42. The molecule has 1 unspecified atom stereocenters. The van der Waals surface area contributed by atoms with E-state index >= 15 is 0 Å². The summed E-state index contributed by atoms with van der Waals surface area (Å²) in [6.45, 7) is 5.20. The Labute approximate surface area is 137 Å². The van der Waals surface area contributed by atoms with Crippen LogP contribution in [0, 0.1) is 19.7 Å². The summed E-state index contributed by atoms with van der Waals surface area (Å²) in [6, 6.07) is 7.55. The first kappa shape index (κ1) is 17.0. The second kappa shape index (κ2) is 7.23. The smallest absolute Gasteiger partial charge is 0.279 e. The van der Waals surface area contributed by atoms with Crippen LogP contribution in [0.2, 0.25) is 0 Å². The molecule has 2 rings (SSSR count). The molecule has 23 heavy (non-hydrogen) atoms. The van der Waals surface area contributed by atoms with Gasteiger partial charge in [0, 0.05) is 9.75 Å². The van der Waals surface area contributed by atoms with E-state index in [9.17, 15) is 14.0 Å². The van der Waals surface area contributed by atoms with E-state index in [0.717, 1.165) is 9.75 Å². The molecule has 2 amide bonds. The van der Waals surface area contributed by atoms with Crippen LogP contribution in [0.4, 0.5) is 4.39 Å². The lowest BCUT2D eigenvalue weighted by Gasteiger charge is -2.15.